The Morgan fingerprint density at radius 3 is 2.57 bits per heavy atom. The highest BCUT2D eigenvalue weighted by molar-refractivity contribution is 6.31. The van der Waals surface area contributed by atoms with Crippen LogP contribution in [0.4, 0.5) is 14.5 Å². The van der Waals surface area contributed by atoms with E-state index in [1.807, 2.05) is 6.07 Å². The lowest BCUT2D eigenvalue weighted by Crippen LogP contribution is -2.20. The summed E-state index contributed by atoms with van der Waals surface area (Å²) >= 11 is 6.52. The number of amides is 1. The fourth-order valence-electron chi connectivity index (χ4n) is 4.34. The van der Waals surface area contributed by atoms with E-state index in [9.17, 15) is 14.0 Å². The highest BCUT2D eigenvalue weighted by Gasteiger charge is 2.41. The van der Waals surface area contributed by atoms with Crippen molar-refractivity contribution in [3.05, 3.63) is 116 Å². The molecule has 8 heteroatoms. The lowest BCUT2D eigenvalue weighted by Gasteiger charge is -2.12. The highest BCUT2D eigenvalue weighted by Crippen LogP contribution is 2.55. The molecule has 1 aromatic heterocycles. The Kier molecular flexibility index (Phi) is 7.83. The van der Waals surface area contributed by atoms with Crippen molar-refractivity contribution in [3.63, 3.8) is 0 Å². The van der Waals surface area contributed by atoms with Gasteiger partial charge in [-0.15, -0.1) is 0 Å². The number of carbonyl (C=O) groups is 1. The first-order chi connectivity index (χ1) is 17.7. The van der Waals surface area contributed by atoms with Gasteiger partial charge in [-0.2, -0.15) is 0 Å². The molecule has 190 valence electrons. The topological polar surface area (TPSA) is 63.5 Å². The van der Waals surface area contributed by atoms with Crippen molar-refractivity contribution in [2.75, 3.05) is 5.32 Å². The molecule has 5 nitrogen and oxygen atoms in total. The third-order valence-corrected chi connectivity index (χ3v) is 6.60. The molecule has 1 heterocycles. The number of pyridine rings is 1. The molecule has 1 aliphatic carbocycles. The maximum atomic E-state index is 15.1. The van der Waals surface area contributed by atoms with Gasteiger partial charge in [-0.3, -0.25) is 19.1 Å². The average Bonchev–Trinajstić information content (AvgIpc) is 3.65. The quantitative estimate of drug-likeness (QED) is 0.347. The Labute approximate surface area is 218 Å². The van der Waals surface area contributed by atoms with E-state index in [0.717, 1.165) is 17.5 Å². The van der Waals surface area contributed by atoms with Gasteiger partial charge in [0.1, 0.15) is 10.8 Å². The molecule has 37 heavy (non-hydrogen) atoms. The van der Waals surface area contributed by atoms with Crippen LogP contribution in [0.3, 0.4) is 0 Å². The molecule has 2 unspecified atom stereocenters. The number of aliphatic imine (C=N–C) groups is 1. The van der Waals surface area contributed by atoms with Crippen molar-refractivity contribution < 1.29 is 13.6 Å². The molecule has 1 aliphatic rings. The summed E-state index contributed by atoms with van der Waals surface area (Å²) in [6.07, 6.45) is 7.07. The monoisotopic (exact) mass is 521 g/mol. The Morgan fingerprint density at radius 2 is 1.89 bits per heavy atom. The number of anilines is 1. The molecule has 0 aliphatic heterocycles. The van der Waals surface area contributed by atoms with Crippen LogP contribution < -0.4 is 10.9 Å². The number of rotatable bonds is 7. The molecule has 1 amide bonds. The Balaban J connectivity index is 1.66. The predicted octanol–water partition coefficient (Wildman–Crippen LogP) is 6.81. The molecule has 3 aromatic rings. The molecule has 1 fully saturated rings. The second-order valence-electron chi connectivity index (χ2n) is 8.89. The molecule has 2 aromatic carbocycles. The lowest BCUT2D eigenvalue weighted by molar-refractivity contribution is -0.114. The number of carbonyl (C=O) groups excluding carboxylic acids is 1. The van der Waals surface area contributed by atoms with Crippen LogP contribution in [0.25, 0.3) is 6.20 Å². The van der Waals surface area contributed by atoms with Crippen molar-refractivity contribution in [1.29, 1.82) is 0 Å². The minimum absolute atomic E-state index is 0.0347. The SMILES string of the molecule is C/C=C/N=C(/C=C/n1c(C)cc(C2CC2c2ccc(F)cc2)c(Cl)c1=O)c1cccc(NC(C)=O)c1F. The maximum absolute atomic E-state index is 15.1. The van der Waals surface area contributed by atoms with E-state index in [1.54, 1.807) is 44.2 Å². The third-order valence-electron chi connectivity index (χ3n) is 6.22. The van der Waals surface area contributed by atoms with E-state index >= 15 is 4.39 Å². The second kappa shape index (κ2) is 11.0. The number of nitrogens with zero attached hydrogens (tertiary/aromatic N) is 2. The molecule has 0 radical (unpaired) electrons. The Bertz CT molecular complexity index is 1490. The number of aromatic nitrogens is 1. The van der Waals surface area contributed by atoms with Crippen molar-refractivity contribution in [2.24, 2.45) is 4.99 Å². The number of hydrogen-bond acceptors (Lipinski definition) is 3. The molecule has 2 atom stereocenters. The first-order valence-corrected chi connectivity index (χ1v) is 12.2. The van der Waals surface area contributed by atoms with Gasteiger partial charge in [0.15, 0.2) is 5.82 Å². The number of allylic oxidation sites excluding steroid dienone is 2. The normalized spacial score (nSPS) is 17.5. The zero-order chi connectivity index (χ0) is 26.7. The van der Waals surface area contributed by atoms with Gasteiger partial charge in [-0.1, -0.05) is 35.9 Å². The van der Waals surface area contributed by atoms with Crippen LogP contribution in [0.5, 0.6) is 0 Å². The van der Waals surface area contributed by atoms with Crippen molar-refractivity contribution >= 4 is 35.1 Å². The fraction of sp³-hybridized carbons (Fsp3) is 0.207. The lowest BCUT2D eigenvalue weighted by atomic mass is 10.0. The average molecular weight is 522 g/mol. The smallest absolute Gasteiger partial charge is 0.273 e. The number of aryl methyl sites for hydroxylation is 1. The summed E-state index contributed by atoms with van der Waals surface area (Å²) in [4.78, 5) is 28.9. The van der Waals surface area contributed by atoms with E-state index in [4.69, 9.17) is 11.6 Å². The summed E-state index contributed by atoms with van der Waals surface area (Å²) in [6.45, 7) is 4.87. The van der Waals surface area contributed by atoms with Crippen LogP contribution in [0.15, 0.2) is 76.7 Å². The molecule has 0 bridgehead atoms. The Morgan fingerprint density at radius 1 is 1.16 bits per heavy atom. The van der Waals surface area contributed by atoms with Gasteiger partial charge < -0.3 is 5.32 Å². The molecule has 1 N–H and O–H groups in total. The Hall–Kier alpha value is -3.84. The van der Waals surface area contributed by atoms with E-state index in [-0.39, 0.29) is 39.6 Å². The van der Waals surface area contributed by atoms with Crippen molar-refractivity contribution in [2.45, 2.75) is 39.0 Å². The number of nitrogens with one attached hydrogen (secondary N) is 1. The van der Waals surface area contributed by atoms with Crippen LogP contribution >= 0.6 is 11.6 Å². The van der Waals surface area contributed by atoms with E-state index in [0.29, 0.717) is 5.69 Å². The fourth-order valence-corrected chi connectivity index (χ4v) is 4.62. The first-order valence-electron chi connectivity index (χ1n) is 11.8. The van der Waals surface area contributed by atoms with Gasteiger partial charge in [0.05, 0.1) is 11.4 Å². The first kappa shape index (κ1) is 26.2. The van der Waals surface area contributed by atoms with Crippen LogP contribution in [0.2, 0.25) is 5.02 Å². The van der Waals surface area contributed by atoms with Crippen LogP contribution in [-0.4, -0.2) is 16.2 Å². The van der Waals surface area contributed by atoms with Crippen LogP contribution in [0, 0.1) is 18.6 Å². The van der Waals surface area contributed by atoms with Gasteiger partial charge in [0.25, 0.3) is 5.56 Å². The summed E-state index contributed by atoms with van der Waals surface area (Å²) in [6, 6.07) is 12.9. The van der Waals surface area contributed by atoms with Gasteiger partial charge in [-0.25, -0.2) is 8.78 Å². The number of benzene rings is 2. The summed E-state index contributed by atoms with van der Waals surface area (Å²) in [5.74, 6) is -1.05. The molecular weight excluding hydrogens is 496 g/mol. The summed E-state index contributed by atoms with van der Waals surface area (Å²) < 4.78 is 29.8. The number of hydrogen-bond donors (Lipinski definition) is 1. The zero-order valence-corrected chi connectivity index (χ0v) is 21.4. The van der Waals surface area contributed by atoms with Crippen LogP contribution in [0.1, 0.15) is 54.5 Å². The standard InChI is InChI=1S/C29H26ClF2N3O2/c1-4-13-33-25(21-6-5-7-26(28(21)32)34-18(3)36)12-14-35-17(2)15-24(27(30)29(35)37)23-16-22(23)19-8-10-20(31)11-9-19/h4-15,22-23H,16H2,1-3H3,(H,34,36)/b13-4+,14-12+,33-25-. The van der Waals surface area contributed by atoms with Gasteiger partial charge in [-0.05, 0) is 79.6 Å². The van der Waals surface area contributed by atoms with Gasteiger partial charge >= 0.3 is 0 Å². The maximum Gasteiger partial charge on any atom is 0.273 e. The molecule has 0 spiro atoms. The minimum Gasteiger partial charge on any atom is -0.324 e. The predicted molar refractivity (Wildman–Crippen MR) is 144 cm³/mol. The molecule has 0 saturated heterocycles. The zero-order valence-electron chi connectivity index (χ0n) is 20.6. The minimum atomic E-state index is -0.636. The van der Waals surface area contributed by atoms with Gasteiger partial charge in [0.2, 0.25) is 5.91 Å². The summed E-state index contributed by atoms with van der Waals surface area (Å²) in [7, 11) is 0. The van der Waals surface area contributed by atoms with Crippen molar-refractivity contribution in [3.8, 4) is 0 Å². The van der Waals surface area contributed by atoms with E-state index in [1.165, 1.54) is 48.2 Å². The summed E-state index contributed by atoms with van der Waals surface area (Å²) in [5, 5.41) is 2.58. The van der Waals surface area contributed by atoms with E-state index < -0.39 is 17.3 Å². The number of halogens is 3. The molecular formula is C29H26ClF2N3O2. The second-order valence-corrected chi connectivity index (χ2v) is 9.27. The highest BCUT2D eigenvalue weighted by atomic mass is 35.5. The third kappa shape index (κ3) is 5.78. The molecule has 4 rings (SSSR count). The van der Waals surface area contributed by atoms with Crippen LogP contribution in [-0.2, 0) is 4.79 Å². The molecule has 1 saturated carbocycles. The van der Waals surface area contributed by atoms with Crippen molar-refractivity contribution in [1.82, 2.24) is 4.57 Å². The van der Waals surface area contributed by atoms with Gasteiger partial charge in [0, 0.05) is 30.6 Å². The van der Waals surface area contributed by atoms with E-state index in [2.05, 4.69) is 10.3 Å². The largest absolute Gasteiger partial charge is 0.324 e. The summed E-state index contributed by atoms with van der Waals surface area (Å²) in [5.41, 5.74) is 2.49.